The van der Waals surface area contributed by atoms with E-state index in [2.05, 4.69) is 10.4 Å². The quantitative estimate of drug-likeness (QED) is 0.778. The van der Waals surface area contributed by atoms with Gasteiger partial charge in [0.15, 0.2) is 0 Å². The van der Waals surface area contributed by atoms with Gasteiger partial charge in [-0.15, -0.1) is 0 Å². The molecule has 0 radical (unpaired) electrons. The molecule has 0 saturated heterocycles. The third kappa shape index (κ3) is 2.98. The van der Waals surface area contributed by atoms with Crippen LogP contribution in [0.3, 0.4) is 0 Å². The van der Waals surface area contributed by atoms with Crippen molar-refractivity contribution in [1.82, 2.24) is 4.37 Å². The summed E-state index contributed by atoms with van der Waals surface area (Å²) in [5.41, 5.74) is 4.81. The number of aryl methyl sites for hydroxylation is 1. The molecule has 0 atom stereocenters. The van der Waals surface area contributed by atoms with Crippen LogP contribution in [0.2, 0.25) is 0 Å². The maximum atomic E-state index is 11.0. The Hall–Kier alpha value is -2.97. The summed E-state index contributed by atoms with van der Waals surface area (Å²) >= 11 is 0.936. The average molecular weight is 320 g/mol. The smallest absolute Gasteiger partial charge is 0.347 e. The van der Waals surface area contributed by atoms with Crippen molar-refractivity contribution in [2.75, 3.05) is 0 Å². The highest BCUT2D eigenvalue weighted by atomic mass is 32.1. The van der Waals surface area contributed by atoms with E-state index in [0.29, 0.717) is 11.3 Å². The first-order chi connectivity index (χ1) is 11.1. The van der Waals surface area contributed by atoms with E-state index in [0.717, 1.165) is 33.8 Å². The van der Waals surface area contributed by atoms with Gasteiger partial charge in [-0.2, -0.15) is 9.64 Å². The Morgan fingerprint density at radius 2 is 2.00 bits per heavy atom. The first-order valence-electron chi connectivity index (χ1n) is 6.90. The van der Waals surface area contributed by atoms with Crippen molar-refractivity contribution in [3.63, 3.8) is 0 Å². The minimum atomic E-state index is -0.995. The van der Waals surface area contributed by atoms with Gasteiger partial charge in [-0.3, -0.25) is 0 Å². The Bertz CT molecular complexity index is 938. The summed E-state index contributed by atoms with van der Waals surface area (Å²) in [5, 5.41) is 18.4. The highest BCUT2D eigenvalue weighted by Gasteiger charge is 2.12. The van der Waals surface area contributed by atoms with Gasteiger partial charge in [-0.25, -0.2) is 4.79 Å². The third-order valence-corrected chi connectivity index (χ3v) is 4.26. The summed E-state index contributed by atoms with van der Waals surface area (Å²) in [4.78, 5) is 11.1. The van der Waals surface area contributed by atoms with Gasteiger partial charge in [0.25, 0.3) is 0 Å². The van der Waals surface area contributed by atoms with Crippen LogP contribution >= 0.6 is 11.5 Å². The first-order valence-corrected chi connectivity index (χ1v) is 7.67. The molecule has 1 N–H and O–H groups in total. The fourth-order valence-electron chi connectivity index (χ4n) is 2.37. The summed E-state index contributed by atoms with van der Waals surface area (Å²) in [6.45, 7) is 2.01. The highest BCUT2D eigenvalue weighted by Crippen LogP contribution is 2.29. The van der Waals surface area contributed by atoms with E-state index < -0.39 is 5.97 Å². The Kier molecular flexibility index (Phi) is 3.92. The summed E-state index contributed by atoms with van der Waals surface area (Å²) in [6, 6.07) is 17.2. The molecule has 1 heterocycles. The molecule has 5 heteroatoms. The number of carbonyl (C=O) groups is 1. The lowest BCUT2D eigenvalue weighted by Gasteiger charge is -2.07. The first kappa shape index (κ1) is 14.9. The zero-order valence-electron chi connectivity index (χ0n) is 12.3. The maximum Gasteiger partial charge on any atom is 0.347 e. The van der Waals surface area contributed by atoms with Gasteiger partial charge in [0.1, 0.15) is 4.88 Å². The summed E-state index contributed by atoms with van der Waals surface area (Å²) in [6.07, 6.45) is 0. The van der Waals surface area contributed by atoms with Gasteiger partial charge < -0.3 is 5.11 Å². The third-order valence-electron chi connectivity index (χ3n) is 3.49. The summed E-state index contributed by atoms with van der Waals surface area (Å²) in [5.74, 6) is -0.995. The fourth-order valence-corrected chi connectivity index (χ4v) is 2.97. The Balaban J connectivity index is 2.06. The number of benzene rings is 2. The Morgan fingerprint density at radius 1 is 1.17 bits per heavy atom. The van der Waals surface area contributed by atoms with Crippen LogP contribution in [-0.4, -0.2) is 15.4 Å². The maximum absolute atomic E-state index is 11.0. The molecule has 0 fully saturated rings. The van der Waals surface area contributed by atoms with Gasteiger partial charge in [0, 0.05) is 5.56 Å². The number of aromatic carboxylic acids is 1. The number of carboxylic acid groups (broad SMARTS) is 1. The molecule has 0 bridgehead atoms. The number of carboxylic acids is 1. The summed E-state index contributed by atoms with van der Waals surface area (Å²) in [7, 11) is 0. The zero-order valence-corrected chi connectivity index (χ0v) is 13.1. The molecule has 2 aromatic carbocycles. The van der Waals surface area contributed by atoms with Crippen molar-refractivity contribution >= 4 is 17.5 Å². The van der Waals surface area contributed by atoms with E-state index in [9.17, 15) is 10.1 Å². The van der Waals surface area contributed by atoms with E-state index in [1.807, 2.05) is 43.3 Å². The van der Waals surface area contributed by atoms with Gasteiger partial charge in [0.05, 0.1) is 17.3 Å². The molecular formula is C18H12N2O2S. The molecule has 23 heavy (non-hydrogen) atoms. The molecule has 0 saturated carbocycles. The van der Waals surface area contributed by atoms with E-state index >= 15 is 0 Å². The van der Waals surface area contributed by atoms with Crippen LogP contribution in [0.5, 0.6) is 0 Å². The molecule has 0 amide bonds. The monoisotopic (exact) mass is 320 g/mol. The van der Waals surface area contributed by atoms with Crippen molar-refractivity contribution in [2.45, 2.75) is 6.92 Å². The van der Waals surface area contributed by atoms with E-state index in [1.54, 1.807) is 6.07 Å². The summed E-state index contributed by atoms with van der Waals surface area (Å²) < 4.78 is 4.15. The highest BCUT2D eigenvalue weighted by molar-refractivity contribution is 7.08. The van der Waals surface area contributed by atoms with Crippen LogP contribution in [0, 0.1) is 18.3 Å². The normalized spacial score (nSPS) is 10.3. The number of hydrogen-bond acceptors (Lipinski definition) is 4. The molecule has 3 rings (SSSR count). The van der Waals surface area contributed by atoms with Crippen molar-refractivity contribution in [3.05, 3.63) is 64.5 Å². The van der Waals surface area contributed by atoms with Gasteiger partial charge in [0.2, 0.25) is 0 Å². The molecule has 1 aromatic heterocycles. The lowest BCUT2D eigenvalue weighted by atomic mass is 9.96. The topological polar surface area (TPSA) is 74.0 Å². The van der Waals surface area contributed by atoms with Crippen LogP contribution < -0.4 is 0 Å². The second-order valence-corrected chi connectivity index (χ2v) is 5.93. The largest absolute Gasteiger partial charge is 0.477 e. The van der Waals surface area contributed by atoms with Crippen molar-refractivity contribution < 1.29 is 9.90 Å². The number of nitrogens with zero attached hydrogens (tertiary/aromatic N) is 2. The molecule has 0 spiro atoms. The minimum Gasteiger partial charge on any atom is -0.477 e. The lowest BCUT2D eigenvalue weighted by Crippen LogP contribution is -1.90. The van der Waals surface area contributed by atoms with E-state index in [4.69, 9.17) is 5.11 Å². The number of rotatable bonds is 3. The molecule has 0 unspecified atom stereocenters. The minimum absolute atomic E-state index is 0.182. The lowest BCUT2D eigenvalue weighted by molar-refractivity contribution is 0.0702. The number of nitriles is 1. The molecule has 112 valence electrons. The van der Waals surface area contributed by atoms with Crippen LogP contribution in [0.4, 0.5) is 0 Å². The average Bonchev–Trinajstić information content (AvgIpc) is 3.04. The van der Waals surface area contributed by atoms with Crippen molar-refractivity contribution in [1.29, 1.82) is 5.26 Å². The van der Waals surface area contributed by atoms with Crippen LogP contribution in [0.25, 0.3) is 22.4 Å². The van der Waals surface area contributed by atoms with Crippen molar-refractivity contribution in [3.8, 4) is 28.5 Å². The predicted octanol–water partition coefficient (Wildman–Crippen LogP) is 4.36. The molecule has 0 aliphatic heterocycles. The zero-order chi connectivity index (χ0) is 16.4. The molecule has 0 aliphatic carbocycles. The van der Waals surface area contributed by atoms with Crippen LogP contribution in [0.1, 0.15) is 20.8 Å². The van der Waals surface area contributed by atoms with Gasteiger partial charge >= 0.3 is 5.97 Å². The van der Waals surface area contributed by atoms with E-state index in [1.165, 1.54) is 6.07 Å². The number of aromatic nitrogens is 1. The molecule has 3 aromatic rings. The Morgan fingerprint density at radius 3 is 2.65 bits per heavy atom. The second kappa shape index (κ2) is 6.03. The predicted molar refractivity (Wildman–Crippen MR) is 89.4 cm³/mol. The molecule has 0 aliphatic rings. The van der Waals surface area contributed by atoms with Crippen LogP contribution in [0.15, 0.2) is 48.5 Å². The SMILES string of the molecule is Cc1cccc(-c2ccc(-c3cc(C(=O)O)sn3)cc2C#N)c1. The van der Waals surface area contributed by atoms with Gasteiger partial charge in [-0.1, -0.05) is 42.0 Å². The second-order valence-electron chi connectivity index (χ2n) is 5.12. The standard InChI is InChI=1S/C18H12N2O2S/c1-11-3-2-4-12(7-11)15-6-5-13(8-14(15)10-19)16-9-17(18(21)22)23-20-16/h2-9H,1H3,(H,21,22). The fraction of sp³-hybridized carbons (Fsp3) is 0.0556. The van der Waals surface area contributed by atoms with Crippen molar-refractivity contribution in [2.24, 2.45) is 0 Å². The molecule has 4 nitrogen and oxygen atoms in total. The van der Waals surface area contributed by atoms with E-state index in [-0.39, 0.29) is 4.88 Å². The van der Waals surface area contributed by atoms with Crippen LogP contribution in [-0.2, 0) is 0 Å². The van der Waals surface area contributed by atoms with Gasteiger partial charge in [-0.05, 0) is 41.7 Å². The number of hydrogen-bond donors (Lipinski definition) is 1. The molecular weight excluding hydrogens is 308 g/mol. The Labute approximate surface area is 137 Å².